The molecule has 134 valence electrons. The van der Waals surface area contributed by atoms with Crippen molar-refractivity contribution < 1.29 is 23.2 Å². The Bertz CT molecular complexity index is 915. The lowest BCUT2D eigenvalue weighted by Crippen LogP contribution is -2.52. The van der Waals surface area contributed by atoms with Crippen LogP contribution in [0.25, 0.3) is 11.3 Å². The van der Waals surface area contributed by atoms with Crippen LogP contribution in [-0.4, -0.2) is 28.7 Å². The summed E-state index contributed by atoms with van der Waals surface area (Å²) >= 11 is 0. The van der Waals surface area contributed by atoms with Crippen LogP contribution in [0.2, 0.25) is 0 Å². The summed E-state index contributed by atoms with van der Waals surface area (Å²) < 4.78 is 26.9. The molecule has 2 heterocycles. The third kappa shape index (κ3) is 3.58. The molecule has 26 heavy (non-hydrogen) atoms. The molecular weight excluding hydrogens is 344 g/mol. The summed E-state index contributed by atoms with van der Waals surface area (Å²) in [6.07, 6.45) is 0.373. The number of pyridine rings is 1. The molecule has 2 N–H and O–H groups in total. The van der Waals surface area contributed by atoms with Gasteiger partial charge in [-0.15, -0.1) is 0 Å². The van der Waals surface area contributed by atoms with Crippen molar-refractivity contribution in [2.75, 3.05) is 0 Å². The fourth-order valence-corrected chi connectivity index (χ4v) is 2.72. The fourth-order valence-electron chi connectivity index (χ4n) is 2.72. The number of nitrogens with zero attached hydrogens (tertiary/aromatic N) is 1. The second kappa shape index (κ2) is 6.99. The minimum absolute atomic E-state index is 0.117. The Hall–Kier alpha value is -3.16. The van der Waals surface area contributed by atoms with Gasteiger partial charge in [0.2, 0.25) is 11.8 Å². The number of nitrogens with one attached hydrogen (secondary N) is 2. The highest BCUT2D eigenvalue weighted by Crippen LogP contribution is 2.23. The molecule has 2 aromatic rings. The van der Waals surface area contributed by atoms with Crippen molar-refractivity contribution in [3.63, 3.8) is 0 Å². The number of benzene rings is 1. The molecule has 1 aliphatic rings. The molecule has 3 rings (SSSR count). The first kappa shape index (κ1) is 17.7. The van der Waals surface area contributed by atoms with Crippen molar-refractivity contribution in [1.29, 1.82) is 0 Å². The molecular formula is C18H15F2N3O3. The van der Waals surface area contributed by atoms with Gasteiger partial charge in [-0.25, -0.2) is 8.78 Å². The standard InChI is InChI=1S/C18H15F2N3O3/c1-9-11(17(25)22-15-6-7-16(24)23-18(15)26)4-5-14(21-9)12-3-2-10(19)8-13(12)20/h2-5,8,15H,6-7H2,1H3,(H,22,25)(H,23,24,26). The number of rotatable bonds is 3. The van der Waals surface area contributed by atoms with E-state index < -0.39 is 29.5 Å². The molecule has 1 fully saturated rings. The van der Waals surface area contributed by atoms with Gasteiger partial charge in [0.05, 0.1) is 17.0 Å². The quantitative estimate of drug-likeness (QED) is 0.819. The van der Waals surface area contributed by atoms with Crippen LogP contribution in [0.1, 0.15) is 28.9 Å². The van der Waals surface area contributed by atoms with Gasteiger partial charge in [-0.1, -0.05) is 0 Å². The number of aryl methyl sites for hydroxylation is 1. The summed E-state index contributed by atoms with van der Waals surface area (Å²) in [4.78, 5) is 39.4. The zero-order valence-electron chi connectivity index (χ0n) is 13.8. The molecule has 0 aliphatic carbocycles. The zero-order chi connectivity index (χ0) is 18.8. The van der Waals surface area contributed by atoms with E-state index in [1.54, 1.807) is 6.92 Å². The van der Waals surface area contributed by atoms with Crippen molar-refractivity contribution in [3.8, 4) is 11.3 Å². The smallest absolute Gasteiger partial charge is 0.253 e. The molecule has 0 spiro atoms. The van der Waals surface area contributed by atoms with Crippen LogP contribution >= 0.6 is 0 Å². The molecule has 0 bridgehead atoms. The molecule has 0 saturated carbocycles. The van der Waals surface area contributed by atoms with E-state index in [0.717, 1.165) is 12.1 Å². The number of halogens is 2. The van der Waals surface area contributed by atoms with Crippen LogP contribution in [0.5, 0.6) is 0 Å². The maximum atomic E-state index is 13.9. The van der Waals surface area contributed by atoms with Gasteiger partial charge >= 0.3 is 0 Å². The number of hydrogen-bond acceptors (Lipinski definition) is 4. The number of aromatic nitrogens is 1. The lowest BCUT2D eigenvalue weighted by molar-refractivity contribution is -0.134. The third-order valence-electron chi connectivity index (χ3n) is 4.08. The van der Waals surface area contributed by atoms with E-state index in [0.29, 0.717) is 5.69 Å². The molecule has 1 saturated heterocycles. The highest BCUT2D eigenvalue weighted by Gasteiger charge is 2.28. The molecule has 6 nitrogen and oxygen atoms in total. The summed E-state index contributed by atoms with van der Waals surface area (Å²) in [6.45, 7) is 1.57. The van der Waals surface area contributed by atoms with E-state index in [1.807, 2.05) is 0 Å². The van der Waals surface area contributed by atoms with E-state index in [9.17, 15) is 23.2 Å². The number of piperidine rings is 1. The summed E-state index contributed by atoms with van der Waals surface area (Å²) in [5.41, 5.74) is 0.932. The molecule has 1 atom stereocenters. The third-order valence-corrected chi connectivity index (χ3v) is 4.08. The van der Waals surface area contributed by atoms with Gasteiger partial charge < -0.3 is 5.32 Å². The minimum Gasteiger partial charge on any atom is -0.340 e. The van der Waals surface area contributed by atoms with Crippen LogP contribution in [0.15, 0.2) is 30.3 Å². The van der Waals surface area contributed by atoms with Crippen molar-refractivity contribution >= 4 is 17.7 Å². The van der Waals surface area contributed by atoms with Crippen molar-refractivity contribution in [2.24, 2.45) is 0 Å². The number of amides is 3. The first-order valence-electron chi connectivity index (χ1n) is 7.93. The molecule has 1 aromatic carbocycles. The predicted octanol–water partition coefficient (Wildman–Crippen LogP) is 1.87. The predicted molar refractivity (Wildman–Crippen MR) is 88.0 cm³/mol. The molecule has 1 aromatic heterocycles. The maximum absolute atomic E-state index is 13.9. The largest absolute Gasteiger partial charge is 0.340 e. The topological polar surface area (TPSA) is 88.2 Å². The second-order valence-corrected chi connectivity index (χ2v) is 5.93. The van der Waals surface area contributed by atoms with Gasteiger partial charge in [0.25, 0.3) is 5.91 Å². The van der Waals surface area contributed by atoms with Crippen LogP contribution in [-0.2, 0) is 9.59 Å². The Balaban J connectivity index is 1.80. The highest BCUT2D eigenvalue weighted by molar-refractivity contribution is 6.04. The van der Waals surface area contributed by atoms with Gasteiger partial charge in [-0.2, -0.15) is 0 Å². The van der Waals surface area contributed by atoms with Gasteiger partial charge in [-0.05, 0) is 37.6 Å². The van der Waals surface area contributed by atoms with Gasteiger partial charge in [0, 0.05) is 18.1 Å². The van der Waals surface area contributed by atoms with Crippen LogP contribution in [0.4, 0.5) is 8.78 Å². The molecule has 8 heteroatoms. The summed E-state index contributed by atoms with van der Waals surface area (Å²) in [5, 5.41) is 4.72. The molecule has 1 aliphatic heterocycles. The molecule has 1 unspecified atom stereocenters. The number of carbonyl (C=O) groups is 3. The van der Waals surface area contributed by atoms with E-state index in [-0.39, 0.29) is 35.6 Å². The normalized spacial score (nSPS) is 17.0. The first-order valence-corrected chi connectivity index (χ1v) is 7.93. The van der Waals surface area contributed by atoms with Gasteiger partial charge in [-0.3, -0.25) is 24.7 Å². The SMILES string of the molecule is Cc1nc(-c2ccc(F)cc2F)ccc1C(=O)NC1CCC(=O)NC1=O. The lowest BCUT2D eigenvalue weighted by atomic mass is 10.0. The van der Waals surface area contributed by atoms with Crippen molar-refractivity contribution in [1.82, 2.24) is 15.6 Å². The Morgan fingerprint density at radius 2 is 2.00 bits per heavy atom. The van der Waals surface area contributed by atoms with Gasteiger partial charge in [0.1, 0.15) is 17.7 Å². The van der Waals surface area contributed by atoms with Crippen LogP contribution in [0.3, 0.4) is 0 Å². The number of imide groups is 1. The minimum atomic E-state index is -0.797. The van der Waals surface area contributed by atoms with Crippen molar-refractivity contribution in [2.45, 2.75) is 25.8 Å². The van der Waals surface area contributed by atoms with E-state index in [4.69, 9.17) is 0 Å². The second-order valence-electron chi connectivity index (χ2n) is 5.93. The van der Waals surface area contributed by atoms with Crippen LogP contribution < -0.4 is 10.6 Å². The Labute approximate surface area is 147 Å². The summed E-state index contributed by atoms with van der Waals surface area (Å²) in [6, 6.07) is 5.27. The van der Waals surface area contributed by atoms with Crippen LogP contribution in [0, 0.1) is 18.6 Å². The van der Waals surface area contributed by atoms with E-state index >= 15 is 0 Å². The maximum Gasteiger partial charge on any atom is 0.253 e. The number of carbonyl (C=O) groups excluding carboxylic acids is 3. The summed E-state index contributed by atoms with van der Waals surface area (Å²) in [7, 11) is 0. The van der Waals surface area contributed by atoms with E-state index in [2.05, 4.69) is 15.6 Å². The summed E-state index contributed by atoms with van der Waals surface area (Å²) in [5.74, 6) is -2.88. The fraction of sp³-hybridized carbons (Fsp3) is 0.222. The highest BCUT2D eigenvalue weighted by atomic mass is 19.1. The monoisotopic (exact) mass is 359 g/mol. The Morgan fingerprint density at radius 3 is 2.65 bits per heavy atom. The average Bonchev–Trinajstić information content (AvgIpc) is 2.57. The Morgan fingerprint density at radius 1 is 1.23 bits per heavy atom. The zero-order valence-corrected chi connectivity index (χ0v) is 13.8. The lowest BCUT2D eigenvalue weighted by Gasteiger charge is -2.22. The molecule has 3 amide bonds. The van der Waals surface area contributed by atoms with Gasteiger partial charge in [0.15, 0.2) is 0 Å². The average molecular weight is 359 g/mol. The molecule has 0 radical (unpaired) electrons. The van der Waals surface area contributed by atoms with E-state index in [1.165, 1.54) is 18.2 Å². The number of hydrogen-bond donors (Lipinski definition) is 2. The Kier molecular flexibility index (Phi) is 4.75. The van der Waals surface area contributed by atoms with Crippen molar-refractivity contribution in [3.05, 3.63) is 53.2 Å². The first-order chi connectivity index (χ1) is 12.3.